The molecule has 36 heavy (non-hydrogen) atoms. The highest BCUT2D eigenvalue weighted by atomic mass is 35.5. The van der Waals surface area contributed by atoms with E-state index in [1.807, 2.05) is 37.3 Å². The molecule has 0 aromatic heterocycles. The van der Waals surface area contributed by atoms with E-state index in [1.54, 1.807) is 6.07 Å². The summed E-state index contributed by atoms with van der Waals surface area (Å²) in [5.41, 5.74) is 4.54. The lowest BCUT2D eigenvalue weighted by molar-refractivity contribution is 0.0696. The van der Waals surface area contributed by atoms with E-state index >= 15 is 0 Å². The van der Waals surface area contributed by atoms with Gasteiger partial charge in [0.2, 0.25) is 0 Å². The first-order valence-electron chi connectivity index (χ1n) is 12.4. The van der Waals surface area contributed by atoms with Gasteiger partial charge in [0.25, 0.3) is 0 Å². The lowest BCUT2D eigenvalue weighted by atomic mass is 9.90. The van der Waals surface area contributed by atoms with E-state index in [9.17, 15) is 9.90 Å². The van der Waals surface area contributed by atoms with Crippen LogP contribution in [0, 0.1) is 6.92 Å². The first kappa shape index (κ1) is 25.6. The van der Waals surface area contributed by atoms with Gasteiger partial charge in [-0.2, -0.15) is 0 Å². The number of carboxylic acid groups (broad SMARTS) is 1. The second kappa shape index (κ2) is 11.0. The molecular weight excluding hydrogens is 470 g/mol. The fraction of sp³-hybridized carbons (Fsp3) is 0.258. The summed E-state index contributed by atoms with van der Waals surface area (Å²) in [4.78, 5) is 13.7. The summed E-state index contributed by atoms with van der Waals surface area (Å²) in [6, 6.07) is 28.9. The molecule has 0 aliphatic carbocycles. The van der Waals surface area contributed by atoms with Crippen molar-refractivity contribution in [2.45, 2.75) is 45.1 Å². The van der Waals surface area contributed by atoms with E-state index in [2.05, 4.69) is 60.4 Å². The Balaban J connectivity index is 0.00000304. The van der Waals surface area contributed by atoms with Crippen LogP contribution in [0.2, 0.25) is 0 Å². The number of halogens is 1. The second-order valence-electron chi connectivity index (χ2n) is 9.52. The zero-order chi connectivity index (χ0) is 24.4. The molecule has 186 valence electrons. The number of hydrogen-bond donors (Lipinski definition) is 1. The molecule has 0 spiro atoms. The maximum absolute atomic E-state index is 11.5. The molecule has 4 nitrogen and oxygen atoms in total. The number of hydrogen-bond acceptors (Lipinski definition) is 3. The second-order valence-corrected chi connectivity index (χ2v) is 9.52. The molecule has 1 N–H and O–H groups in total. The number of para-hydroxylation sites is 2. The zero-order valence-electron chi connectivity index (χ0n) is 20.7. The number of benzene rings is 4. The SMILES string of the molecule is Cc1cc(N2CC(CCC[C@H](C)c3cccc4ccccc34)Oc3ccccc32)ccc1C(=O)O.Cl. The van der Waals surface area contributed by atoms with Crippen LogP contribution in [0.5, 0.6) is 5.75 Å². The standard InChI is InChI=1S/C31H31NO3.ClH/c1-21(26-14-8-11-23-10-3-4-13-28(23)26)9-7-12-25-20-32(29-15-5-6-16-30(29)35-25)24-17-18-27(31(33)34)22(2)19-24;/h3-6,8,10-11,13-19,21,25H,7,9,12,20H2,1-2H3,(H,33,34);1H/t21-,25?;/m0./s1. The van der Waals surface area contributed by atoms with Gasteiger partial charge >= 0.3 is 5.97 Å². The molecule has 0 radical (unpaired) electrons. The molecule has 5 heteroatoms. The van der Waals surface area contributed by atoms with Gasteiger partial charge in [-0.15, -0.1) is 12.4 Å². The van der Waals surface area contributed by atoms with Gasteiger partial charge in [0, 0.05) is 5.69 Å². The molecule has 1 heterocycles. The number of aryl methyl sites for hydroxylation is 1. The Morgan fingerprint density at radius 2 is 1.78 bits per heavy atom. The van der Waals surface area contributed by atoms with Crippen LogP contribution in [-0.4, -0.2) is 23.7 Å². The number of fused-ring (bicyclic) bond motifs is 2. The Morgan fingerprint density at radius 1 is 1.03 bits per heavy atom. The smallest absolute Gasteiger partial charge is 0.335 e. The maximum atomic E-state index is 11.5. The molecular formula is C31H32ClNO3. The van der Waals surface area contributed by atoms with E-state index in [4.69, 9.17) is 4.74 Å². The van der Waals surface area contributed by atoms with Crippen molar-refractivity contribution >= 4 is 40.5 Å². The van der Waals surface area contributed by atoms with Gasteiger partial charge in [-0.3, -0.25) is 0 Å². The lowest BCUT2D eigenvalue weighted by Gasteiger charge is -2.36. The minimum Gasteiger partial charge on any atom is -0.486 e. The largest absolute Gasteiger partial charge is 0.486 e. The van der Waals surface area contributed by atoms with Gasteiger partial charge in [-0.25, -0.2) is 4.79 Å². The van der Waals surface area contributed by atoms with Crippen molar-refractivity contribution in [1.29, 1.82) is 0 Å². The molecule has 0 saturated carbocycles. The highest BCUT2D eigenvalue weighted by molar-refractivity contribution is 5.90. The van der Waals surface area contributed by atoms with E-state index in [1.165, 1.54) is 16.3 Å². The summed E-state index contributed by atoms with van der Waals surface area (Å²) in [6.07, 6.45) is 3.21. The topological polar surface area (TPSA) is 49.8 Å². The molecule has 1 aliphatic heterocycles. The number of ether oxygens (including phenoxy) is 1. The molecule has 1 aliphatic rings. The lowest BCUT2D eigenvalue weighted by Crippen LogP contribution is -2.37. The molecule has 4 aromatic carbocycles. The Hall–Kier alpha value is -3.50. The minimum absolute atomic E-state index is 0. The van der Waals surface area contributed by atoms with Crippen LogP contribution in [0.4, 0.5) is 11.4 Å². The molecule has 0 fully saturated rings. The van der Waals surface area contributed by atoms with Gasteiger partial charge in [-0.1, -0.05) is 61.5 Å². The number of nitrogens with zero attached hydrogens (tertiary/aromatic N) is 1. The average Bonchev–Trinajstić information content (AvgIpc) is 2.87. The summed E-state index contributed by atoms with van der Waals surface area (Å²) >= 11 is 0. The molecule has 0 amide bonds. The van der Waals surface area contributed by atoms with Crippen LogP contribution in [0.3, 0.4) is 0 Å². The van der Waals surface area contributed by atoms with E-state index < -0.39 is 5.97 Å². The van der Waals surface area contributed by atoms with Crippen molar-refractivity contribution in [2.24, 2.45) is 0 Å². The highest BCUT2D eigenvalue weighted by Gasteiger charge is 2.27. The fourth-order valence-corrected chi connectivity index (χ4v) is 5.24. The zero-order valence-corrected chi connectivity index (χ0v) is 21.5. The fourth-order valence-electron chi connectivity index (χ4n) is 5.24. The summed E-state index contributed by atoms with van der Waals surface area (Å²) in [5.74, 6) is 0.458. The van der Waals surface area contributed by atoms with E-state index in [0.717, 1.165) is 48.5 Å². The van der Waals surface area contributed by atoms with Gasteiger partial charge in [0.15, 0.2) is 0 Å². The van der Waals surface area contributed by atoms with Gasteiger partial charge in [-0.05, 0) is 84.3 Å². The van der Waals surface area contributed by atoms with Crippen molar-refractivity contribution in [1.82, 2.24) is 0 Å². The van der Waals surface area contributed by atoms with Gasteiger partial charge in [0.1, 0.15) is 11.9 Å². The average molecular weight is 502 g/mol. The van der Waals surface area contributed by atoms with Crippen molar-refractivity contribution in [3.63, 3.8) is 0 Å². The number of carbonyl (C=O) groups is 1. The summed E-state index contributed by atoms with van der Waals surface area (Å²) in [7, 11) is 0. The van der Waals surface area contributed by atoms with Crippen LogP contribution in [0.15, 0.2) is 84.9 Å². The van der Waals surface area contributed by atoms with Crippen LogP contribution >= 0.6 is 12.4 Å². The third-order valence-corrected chi connectivity index (χ3v) is 7.11. The van der Waals surface area contributed by atoms with Crippen molar-refractivity contribution < 1.29 is 14.6 Å². The van der Waals surface area contributed by atoms with Crippen molar-refractivity contribution in [3.8, 4) is 5.75 Å². The van der Waals surface area contributed by atoms with Gasteiger partial charge in [0.05, 0.1) is 17.8 Å². The Morgan fingerprint density at radius 3 is 2.58 bits per heavy atom. The quantitative estimate of drug-likeness (QED) is 0.277. The molecule has 0 saturated heterocycles. The molecule has 5 rings (SSSR count). The Labute approximate surface area is 218 Å². The molecule has 2 atom stereocenters. The third kappa shape index (κ3) is 5.19. The number of aromatic carboxylic acids is 1. The summed E-state index contributed by atoms with van der Waals surface area (Å²) in [5, 5.41) is 12.1. The van der Waals surface area contributed by atoms with Crippen LogP contribution < -0.4 is 9.64 Å². The first-order chi connectivity index (χ1) is 17.0. The Bertz CT molecular complexity index is 1360. The van der Waals surface area contributed by atoms with Crippen molar-refractivity contribution in [3.05, 3.63) is 102 Å². The summed E-state index contributed by atoms with van der Waals surface area (Å²) < 4.78 is 6.40. The number of carboxylic acids is 1. The highest BCUT2D eigenvalue weighted by Crippen LogP contribution is 2.39. The first-order valence-corrected chi connectivity index (χ1v) is 12.4. The monoisotopic (exact) mass is 501 g/mol. The van der Waals surface area contributed by atoms with Crippen molar-refractivity contribution in [2.75, 3.05) is 11.4 Å². The van der Waals surface area contributed by atoms with Crippen LogP contribution in [0.25, 0.3) is 10.8 Å². The maximum Gasteiger partial charge on any atom is 0.335 e. The van der Waals surface area contributed by atoms with Crippen LogP contribution in [-0.2, 0) is 0 Å². The summed E-state index contributed by atoms with van der Waals surface area (Å²) in [6.45, 7) is 4.91. The predicted octanol–water partition coefficient (Wildman–Crippen LogP) is 8.14. The van der Waals surface area contributed by atoms with Crippen LogP contribution in [0.1, 0.15) is 53.6 Å². The molecule has 1 unspecified atom stereocenters. The predicted molar refractivity (Wildman–Crippen MR) is 149 cm³/mol. The normalized spacial score (nSPS) is 15.5. The minimum atomic E-state index is -0.894. The Kier molecular flexibility index (Phi) is 7.85. The van der Waals surface area contributed by atoms with E-state index in [0.29, 0.717) is 11.5 Å². The third-order valence-electron chi connectivity index (χ3n) is 7.11. The number of rotatable bonds is 7. The van der Waals surface area contributed by atoms with Gasteiger partial charge < -0.3 is 14.7 Å². The molecule has 4 aromatic rings. The molecule has 0 bridgehead atoms. The number of anilines is 2. The van der Waals surface area contributed by atoms with E-state index in [-0.39, 0.29) is 18.5 Å².